The first kappa shape index (κ1) is 9.62. The molecule has 0 radical (unpaired) electrons. The fraction of sp³-hybridized carbons (Fsp3) is 0.182. The van der Waals surface area contributed by atoms with Gasteiger partial charge in [-0.2, -0.15) is 0 Å². The van der Waals surface area contributed by atoms with E-state index in [2.05, 4.69) is 16.5 Å². The van der Waals surface area contributed by atoms with Crippen LogP contribution in [0.15, 0.2) is 23.6 Å². The minimum absolute atomic E-state index is 0.705. The zero-order valence-corrected chi connectivity index (χ0v) is 9.38. The number of rotatable bonds is 2. The first-order valence-electron chi connectivity index (χ1n) is 5.05. The molecule has 5 heteroatoms. The van der Waals surface area contributed by atoms with E-state index in [1.165, 1.54) is 5.56 Å². The Balaban J connectivity index is 2.00. The topological polar surface area (TPSA) is 60.2 Å². The summed E-state index contributed by atoms with van der Waals surface area (Å²) in [5.74, 6) is 7.01. The van der Waals surface area contributed by atoms with Crippen LogP contribution in [0.25, 0.3) is 10.6 Å². The predicted octanol–water partition coefficient (Wildman–Crippen LogP) is 2.03. The van der Waals surface area contributed by atoms with Crippen molar-refractivity contribution in [3.8, 4) is 16.3 Å². The van der Waals surface area contributed by atoms with Crippen molar-refractivity contribution in [2.24, 2.45) is 5.84 Å². The second-order valence-electron chi connectivity index (χ2n) is 3.60. The predicted molar refractivity (Wildman–Crippen MR) is 64.6 cm³/mol. The van der Waals surface area contributed by atoms with Crippen LogP contribution in [0.4, 0.5) is 5.82 Å². The SMILES string of the molecule is NNc1csc(-c2ccc3c(c2)CCO3)n1. The quantitative estimate of drug-likeness (QED) is 0.615. The van der Waals surface area contributed by atoms with Gasteiger partial charge in [-0.05, 0) is 23.8 Å². The summed E-state index contributed by atoms with van der Waals surface area (Å²) < 4.78 is 5.47. The molecule has 1 aromatic heterocycles. The normalized spacial score (nSPS) is 13.3. The number of hydrogen-bond donors (Lipinski definition) is 2. The van der Waals surface area contributed by atoms with Gasteiger partial charge in [-0.15, -0.1) is 11.3 Å². The highest BCUT2D eigenvalue weighted by Gasteiger charge is 2.13. The molecule has 0 amide bonds. The van der Waals surface area contributed by atoms with Gasteiger partial charge >= 0.3 is 0 Å². The summed E-state index contributed by atoms with van der Waals surface area (Å²) in [6, 6.07) is 6.18. The molecule has 1 aliphatic heterocycles. The Kier molecular flexibility index (Phi) is 2.27. The summed E-state index contributed by atoms with van der Waals surface area (Å²) in [6.07, 6.45) is 0.983. The molecule has 1 aliphatic rings. The van der Waals surface area contributed by atoms with E-state index in [1.807, 2.05) is 17.5 Å². The lowest BCUT2D eigenvalue weighted by Crippen LogP contribution is -2.06. The van der Waals surface area contributed by atoms with E-state index in [0.29, 0.717) is 5.82 Å². The highest BCUT2D eigenvalue weighted by Crippen LogP contribution is 2.32. The third kappa shape index (κ3) is 1.54. The van der Waals surface area contributed by atoms with E-state index in [4.69, 9.17) is 10.6 Å². The molecule has 0 fully saturated rings. The lowest BCUT2D eigenvalue weighted by Gasteiger charge is -2.00. The maximum absolute atomic E-state index is 5.47. The molecule has 0 saturated heterocycles. The first-order chi connectivity index (χ1) is 7.86. The average molecular weight is 233 g/mol. The molecule has 0 unspecified atom stereocenters. The van der Waals surface area contributed by atoms with Crippen LogP contribution in [0.2, 0.25) is 0 Å². The molecule has 1 aromatic carbocycles. The minimum atomic E-state index is 0.705. The summed E-state index contributed by atoms with van der Waals surface area (Å²) in [4.78, 5) is 4.37. The van der Waals surface area contributed by atoms with Crippen LogP contribution in [0.1, 0.15) is 5.56 Å². The fourth-order valence-corrected chi connectivity index (χ4v) is 2.55. The van der Waals surface area contributed by atoms with E-state index >= 15 is 0 Å². The largest absolute Gasteiger partial charge is 0.493 e. The number of nitrogens with zero attached hydrogens (tertiary/aromatic N) is 1. The monoisotopic (exact) mass is 233 g/mol. The zero-order valence-electron chi connectivity index (χ0n) is 8.56. The van der Waals surface area contributed by atoms with Crippen LogP contribution in [0, 0.1) is 0 Å². The van der Waals surface area contributed by atoms with Gasteiger partial charge in [0.1, 0.15) is 10.8 Å². The Morgan fingerprint density at radius 3 is 3.19 bits per heavy atom. The fourth-order valence-electron chi connectivity index (χ4n) is 1.79. The Hall–Kier alpha value is -1.59. The average Bonchev–Trinajstić information content (AvgIpc) is 2.96. The summed E-state index contributed by atoms with van der Waals surface area (Å²) in [6.45, 7) is 0.784. The standard InChI is InChI=1S/C11H11N3OS/c12-14-10-6-16-11(13-10)8-1-2-9-7(5-8)3-4-15-9/h1-2,5-6,14H,3-4,12H2. The van der Waals surface area contributed by atoms with Gasteiger partial charge in [0.2, 0.25) is 0 Å². The number of ether oxygens (including phenoxy) is 1. The molecule has 2 heterocycles. The minimum Gasteiger partial charge on any atom is -0.493 e. The second-order valence-corrected chi connectivity index (χ2v) is 4.46. The van der Waals surface area contributed by atoms with Crippen molar-refractivity contribution < 1.29 is 4.74 Å². The van der Waals surface area contributed by atoms with E-state index in [-0.39, 0.29) is 0 Å². The van der Waals surface area contributed by atoms with Gasteiger partial charge in [-0.3, -0.25) is 0 Å². The van der Waals surface area contributed by atoms with Crippen LogP contribution in [-0.2, 0) is 6.42 Å². The number of benzene rings is 1. The molecule has 0 atom stereocenters. The lowest BCUT2D eigenvalue weighted by molar-refractivity contribution is 0.357. The number of aromatic nitrogens is 1. The molecule has 0 saturated carbocycles. The van der Waals surface area contributed by atoms with Crippen molar-refractivity contribution in [3.63, 3.8) is 0 Å². The summed E-state index contributed by atoms with van der Waals surface area (Å²) in [5, 5.41) is 2.88. The van der Waals surface area contributed by atoms with Crippen LogP contribution < -0.4 is 16.0 Å². The van der Waals surface area contributed by atoms with Crippen molar-refractivity contribution in [2.45, 2.75) is 6.42 Å². The van der Waals surface area contributed by atoms with Gasteiger partial charge in [0.15, 0.2) is 5.82 Å². The molecule has 0 spiro atoms. The van der Waals surface area contributed by atoms with Crippen molar-refractivity contribution in [1.29, 1.82) is 0 Å². The van der Waals surface area contributed by atoms with Crippen LogP contribution in [0.5, 0.6) is 5.75 Å². The Morgan fingerprint density at radius 1 is 1.44 bits per heavy atom. The van der Waals surface area contributed by atoms with Crippen molar-refractivity contribution in [1.82, 2.24) is 4.98 Å². The summed E-state index contributed by atoms with van der Waals surface area (Å²) >= 11 is 1.58. The lowest BCUT2D eigenvalue weighted by atomic mass is 10.1. The van der Waals surface area contributed by atoms with Crippen molar-refractivity contribution in [3.05, 3.63) is 29.1 Å². The van der Waals surface area contributed by atoms with E-state index in [9.17, 15) is 0 Å². The Morgan fingerprint density at radius 2 is 2.38 bits per heavy atom. The van der Waals surface area contributed by atoms with Gasteiger partial charge < -0.3 is 10.2 Å². The molecule has 2 aromatic rings. The van der Waals surface area contributed by atoms with Gasteiger partial charge in [0.25, 0.3) is 0 Å². The highest BCUT2D eigenvalue weighted by molar-refractivity contribution is 7.13. The van der Waals surface area contributed by atoms with Gasteiger partial charge in [0, 0.05) is 17.4 Å². The molecule has 0 bridgehead atoms. The Bertz CT molecular complexity index is 524. The number of nitrogen functional groups attached to an aromatic ring is 1. The maximum Gasteiger partial charge on any atom is 0.151 e. The molecular formula is C11H11N3OS. The van der Waals surface area contributed by atoms with E-state index < -0.39 is 0 Å². The molecular weight excluding hydrogens is 222 g/mol. The third-order valence-electron chi connectivity index (χ3n) is 2.59. The van der Waals surface area contributed by atoms with Crippen molar-refractivity contribution >= 4 is 17.2 Å². The van der Waals surface area contributed by atoms with E-state index in [0.717, 1.165) is 29.3 Å². The second kappa shape index (κ2) is 3.77. The first-order valence-corrected chi connectivity index (χ1v) is 5.93. The number of nitrogens with one attached hydrogen (secondary N) is 1. The number of hydrogen-bond acceptors (Lipinski definition) is 5. The molecule has 0 aliphatic carbocycles. The van der Waals surface area contributed by atoms with Gasteiger partial charge in [0.05, 0.1) is 6.61 Å². The van der Waals surface area contributed by atoms with Crippen LogP contribution >= 0.6 is 11.3 Å². The highest BCUT2D eigenvalue weighted by atomic mass is 32.1. The number of thiazole rings is 1. The van der Waals surface area contributed by atoms with Crippen LogP contribution in [-0.4, -0.2) is 11.6 Å². The van der Waals surface area contributed by atoms with E-state index in [1.54, 1.807) is 11.3 Å². The number of hydrazine groups is 1. The molecule has 4 nitrogen and oxygen atoms in total. The summed E-state index contributed by atoms with van der Waals surface area (Å²) in [7, 11) is 0. The molecule has 3 rings (SSSR count). The number of anilines is 1. The molecule has 82 valence electrons. The van der Waals surface area contributed by atoms with Gasteiger partial charge in [-0.1, -0.05) is 0 Å². The smallest absolute Gasteiger partial charge is 0.151 e. The Labute approximate surface area is 97.0 Å². The number of nitrogens with two attached hydrogens (primary N) is 1. The van der Waals surface area contributed by atoms with Crippen LogP contribution in [0.3, 0.4) is 0 Å². The zero-order chi connectivity index (χ0) is 11.0. The number of fused-ring (bicyclic) bond motifs is 1. The molecule has 16 heavy (non-hydrogen) atoms. The van der Waals surface area contributed by atoms with Crippen molar-refractivity contribution in [2.75, 3.05) is 12.0 Å². The molecule has 3 N–H and O–H groups in total. The van der Waals surface area contributed by atoms with Gasteiger partial charge in [-0.25, -0.2) is 10.8 Å². The summed E-state index contributed by atoms with van der Waals surface area (Å²) in [5.41, 5.74) is 4.92. The third-order valence-corrected chi connectivity index (χ3v) is 3.48. The maximum atomic E-state index is 5.47.